The van der Waals surface area contributed by atoms with E-state index in [2.05, 4.69) is 16.1 Å². The van der Waals surface area contributed by atoms with Gasteiger partial charge in [-0.1, -0.05) is 18.2 Å². The Bertz CT molecular complexity index is 784. The van der Waals surface area contributed by atoms with E-state index < -0.39 is 0 Å². The van der Waals surface area contributed by atoms with Crippen LogP contribution >= 0.6 is 0 Å². The van der Waals surface area contributed by atoms with Gasteiger partial charge >= 0.3 is 0 Å². The molecule has 5 nitrogen and oxygen atoms in total. The van der Waals surface area contributed by atoms with Gasteiger partial charge in [-0.3, -0.25) is 4.99 Å². The molecule has 0 amide bonds. The van der Waals surface area contributed by atoms with Crippen LogP contribution in [0.2, 0.25) is 0 Å². The van der Waals surface area contributed by atoms with Gasteiger partial charge in [0, 0.05) is 18.7 Å². The summed E-state index contributed by atoms with van der Waals surface area (Å²) in [4.78, 5) is 8.77. The Morgan fingerprint density at radius 1 is 1.09 bits per heavy atom. The normalized spacial score (nSPS) is 15.4. The van der Waals surface area contributed by atoms with Gasteiger partial charge in [-0.2, -0.15) is 0 Å². The van der Waals surface area contributed by atoms with Gasteiger partial charge in [0.25, 0.3) is 0 Å². The van der Waals surface area contributed by atoms with Crippen molar-refractivity contribution in [2.45, 2.75) is 13.0 Å². The summed E-state index contributed by atoms with van der Waals surface area (Å²) in [5, 5.41) is 0. The lowest BCUT2D eigenvalue weighted by atomic mass is 10.1. The molecule has 0 saturated heterocycles. The number of rotatable bonds is 4. The second-order valence-corrected chi connectivity index (χ2v) is 5.32. The number of hydrogen-bond acceptors (Lipinski definition) is 5. The van der Waals surface area contributed by atoms with Crippen LogP contribution in [-0.2, 0) is 6.61 Å². The SMILES string of the molecule is C1=NCC=C(c2cccc(OCc3ccc4c(c3)OCO4)n2)C1. The van der Waals surface area contributed by atoms with Crippen LogP contribution in [0.5, 0.6) is 17.4 Å². The molecular formula is C18H16N2O3. The summed E-state index contributed by atoms with van der Waals surface area (Å²) in [6.07, 6.45) is 4.85. The largest absolute Gasteiger partial charge is 0.473 e. The zero-order chi connectivity index (χ0) is 15.5. The van der Waals surface area contributed by atoms with Crippen LogP contribution in [0.3, 0.4) is 0 Å². The van der Waals surface area contributed by atoms with Crippen molar-refractivity contribution in [3.05, 3.63) is 53.7 Å². The zero-order valence-corrected chi connectivity index (χ0v) is 12.6. The highest BCUT2D eigenvalue weighted by Crippen LogP contribution is 2.32. The van der Waals surface area contributed by atoms with Crippen LogP contribution in [-0.4, -0.2) is 24.5 Å². The molecular weight excluding hydrogens is 292 g/mol. The van der Waals surface area contributed by atoms with Crippen molar-refractivity contribution in [3.8, 4) is 17.4 Å². The van der Waals surface area contributed by atoms with Crippen LogP contribution in [0.4, 0.5) is 0 Å². The van der Waals surface area contributed by atoms with Gasteiger partial charge in [0.1, 0.15) is 6.61 Å². The Hall–Kier alpha value is -2.82. The van der Waals surface area contributed by atoms with Gasteiger partial charge in [-0.15, -0.1) is 0 Å². The zero-order valence-electron chi connectivity index (χ0n) is 12.6. The lowest BCUT2D eigenvalue weighted by Crippen LogP contribution is -2.01. The highest BCUT2D eigenvalue weighted by Gasteiger charge is 2.13. The molecule has 0 saturated carbocycles. The molecule has 0 unspecified atom stereocenters. The molecule has 116 valence electrons. The second-order valence-electron chi connectivity index (χ2n) is 5.32. The summed E-state index contributed by atoms with van der Waals surface area (Å²) in [6, 6.07) is 11.6. The van der Waals surface area contributed by atoms with E-state index in [1.54, 1.807) is 0 Å². The maximum atomic E-state index is 5.81. The molecule has 23 heavy (non-hydrogen) atoms. The summed E-state index contributed by atoms with van der Waals surface area (Å²) >= 11 is 0. The van der Waals surface area contributed by atoms with Gasteiger partial charge in [0.2, 0.25) is 12.7 Å². The molecule has 1 aromatic carbocycles. The smallest absolute Gasteiger partial charge is 0.231 e. The number of pyridine rings is 1. The molecule has 1 aromatic heterocycles. The Balaban J connectivity index is 1.46. The highest BCUT2D eigenvalue weighted by molar-refractivity contribution is 5.80. The standard InChI is InChI=1S/C18H16N2O3/c1-2-15(14-6-8-19-9-7-14)20-18(3-1)21-11-13-4-5-16-17(10-13)23-12-22-16/h1-6,9-10H,7-8,11-12H2. The first-order valence-electron chi connectivity index (χ1n) is 7.54. The van der Waals surface area contributed by atoms with Gasteiger partial charge in [0.15, 0.2) is 11.5 Å². The molecule has 0 spiro atoms. The van der Waals surface area contributed by atoms with Crippen molar-refractivity contribution in [3.63, 3.8) is 0 Å². The maximum Gasteiger partial charge on any atom is 0.231 e. The number of fused-ring (bicyclic) bond motifs is 1. The average Bonchev–Trinajstić information content (AvgIpc) is 3.09. The van der Waals surface area contributed by atoms with Crippen LogP contribution in [0.25, 0.3) is 5.57 Å². The number of nitrogens with zero attached hydrogens (tertiary/aromatic N) is 2. The van der Waals surface area contributed by atoms with Gasteiger partial charge < -0.3 is 14.2 Å². The number of hydrogen-bond donors (Lipinski definition) is 0. The van der Waals surface area contributed by atoms with Crippen LogP contribution in [0, 0.1) is 0 Å². The monoisotopic (exact) mass is 308 g/mol. The van der Waals surface area contributed by atoms with Gasteiger partial charge in [-0.05, 0) is 29.3 Å². The number of dihydropyridines is 1. The summed E-state index contributed by atoms with van der Waals surface area (Å²) in [6.45, 7) is 1.44. The fraction of sp³-hybridized carbons (Fsp3) is 0.222. The van der Waals surface area contributed by atoms with Gasteiger partial charge in [-0.25, -0.2) is 4.98 Å². The molecule has 0 atom stereocenters. The van der Waals surface area contributed by atoms with E-state index >= 15 is 0 Å². The first-order chi connectivity index (χ1) is 11.4. The van der Waals surface area contributed by atoms with Crippen LogP contribution in [0.15, 0.2) is 47.5 Å². The molecule has 3 heterocycles. The minimum atomic E-state index is 0.279. The molecule has 0 bridgehead atoms. The molecule has 0 radical (unpaired) electrons. The number of aliphatic imine (C=N–C) groups is 1. The van der Waals surface area contributed by atoms with Crippen molar-refractivity contribution in [2.75, 3.05) is 13.3 Å². The fourth-order valence-electron chi connectivity index (χ4n) is 2.55. The minimum absolute atomic E-state index is 0.279. The van der Waals surface area contributed by atoms with E-state index in [0.717, 1.165) is 35.7 Å². The first kappa shape index (κ1) is 13.8. The fourth-order valence-corrected chi connectivity index (χ4v) is 2.55. The maximum absolute atomic E-state index is 5.81. The number of benzene rings is 1. The van der Waals surface area contributed by atoms with E-state index in [9.17, 15) is 0 Å². The summed E-state index contributed by atoms with van der Waals surface area (Å²) < 4.78 is 16.5. The molecule has 4 rings (SSSR count). The first-order valence-corrected chi connectivity index (χ1v) is 7.54. The lowest BCUT2D eigenvalue weighted by molar-refractivity contribution is 0.174. The molecule has 2 aromatic rings. The van der Waals surface area contributed by atoms with Crippen molar-refractivity contribution in [2.24, 2.45) is 4.99 Å². The van der Waals surface area contributed by atoms with E-state index in [1.807, 2.05) is 42.6 Å². The number of ether oxygens (including phenoxy) is 3. The summed E-state index contributed by atoms with van der Waals surface area (Å²) in [5.74, 6) is 2.16. The van der Waals surface area contributed by atoms with E-state index in [4.69, 9.17) is 14.2 Å². The predicted molar refractivity (Wildman–Crippen MR) is 87.1 cm³/mol. The average molecular weight is 308 g/mol. The Labute approximate surface area is 134 Å². The molecule has 0 fully saturated rings. The molecule has 0 aliphatic carbocycles. The summed E-state index contributed by atoms with van der Waals surface area (Å²) in [7, 11) is 0. The summed E-state index contributed by atoms with van der Waals surface area (Å²) in [5.41, 5.74) is 3.15. The molecule has 0 N–H and O–H groups in total. The Morgan fingerprint density at radius 2 is 2.04 bits per heavy atom. The predicted octanol–water partition coefficient (Wildman–Crippen LogP) is 3.25. The Kier molecular flexibility index (Phi) is 3.68. The van der Waals surface area contributed by atoms with E-state index in [1.165, 1.54) is 5.57 Å². The van der Waals surface area contributed by atoms with E-state index in [0.29, 0.717) is 12.5 Å². The number of aromatic nitrogens is 1. The lowest BCUT2D eigenvalue weighted by Gasteiger charge is -2.10. The topological polar surface area (TPSA) is 52.9 Å². The van der Waals surface area contributed by atoms with Crippen molar-refractivity contribution in [1.29, 1.82) is 0 Å². The molecule has 2 aliphatic heterocycles. The number of allylic oxidation sites excluding steroid dienone is 1. The minimum Gasteiger partial charge on any atom is -0.473 e. The highest BCUT2D eigenvalue weighted by atomic mass is 16.7. The quantitative estimate of drug-likeness (QED) is 0.870. The second kappa shape index (κ2) is 6.12. The van der Waals surface area contributed by atoms with Crippen LogP contribution < -0.4 is 14.2 Å². The Morgan fingerprint density at radius 3 is 2.96 bits per heavy atom. The molecule has 2 aliphatic rings. The third kappa shape index (κ3) is 3.04. The van der Waals surface area contributed by atoms with Crippen LogP contribution in [0.1, 0.15) is 17.7 Å². The molecule has 5 heteroatoms. The van der Waals surface area contributed by atoms with Crippen molar-refractivity contribution in [1.82, 2.24) is 4.98 Å². The van der Waals surface area contributed by atoms with E-state index in [-0.39, 0.29) is 6.79 Å². The van der Waals surface area contributed by atoms with Gasteiger partial charge in [0.05, 0.1) is 12.2 Å². The van der Waals surface area contributed by atoms with Crippen molar-refractivity contribution >= 4 is 11.8 Å². The van der Waals surface area contributed by atoms with Crippen molar-refractivity contribution < 1.29 is 14.2 Å². The third-order valence-electron chi connectivity index (χ3n) is 3.76. The third-order valence-corrected chi connectivity index (χ3v) is 3.76.